The van der Waals surface area contributed by atoms with Crippen molar-refractivity contribution in [3.63, 3.8) is 0 Å². The average molecular weight is 233 g/mol. The minimum absolute atomic E-state index is 0.420. The minimum atomic E-state index is 0.420. The zero-order valence-electron chi connectivity index (χ0n) is 9.64. The van der Waals surface area contributed by atoms with Gasteiger partial charge in [0.1, 0.15) is 0 Å². The number of hydrogen-bond acceptors (Lipinski definition) is 3. The van der Waals surface area contributed by atoms with E-state index in [-0.39, 0.29) is 0 Å². The first-order valence-corrected chi connectivity index (χ1v) is 7.67. The van der Waals surface area contributed by atoms with E-state index in [1.807, 2.05) is 0 Å². The van der Waals surface area contributed by atoms with Gasteiger partial charge in [0.05, 0.1) is 0 Å². The molecule has 0 bridgehead atoms. The van der Waals surface area contributed by atoms with Gasteiger partial charge in [-0.15, -0.1) is 0 Å². The van der Waals surface area contributed by atoms with Crippen molar-refractivity contribution >= 4 is 23.5 Å². The molecule has 0 aromatic rings. The molecule has 84 valence electrons. The van der Waals surface area contributed by atoms with Crippen molar-refractivity contribution < 1.29 is 0 Å². The lowest BCUT2D eigenvalue weighted by atomic mass is 10.2. The van der Waals surface area contributed by atoms with Gasteiger partial charge in [-0.1, -0.05) is 20.8 Å². The summed E-state index contributed by atoms with van der Waals surface area (Å²) < 4.78 is 0.420. The molecule has 1 fully saturated rings. The number of nitrogens with one attached hydrogen (secondary N) is 1. The summed E-state index contributed by atoms with van der Waals surface area (Å²) in [6.45, 7) is 8.03. The Hall–Kier alpha value is 0.660. The number of hydrogen-bond donors (Lipinski definition) is 1. The van der Waals surface area contributed by atoms with Crippen molar-refractivity contribution in [2.45, 2.75) is 44.4 Å². The maximum atomic E-state index is 3.65. The number of thioether (sulfide) groups is 2. The molecule has 0 aliphatic carbocycles. The van der Waals surface area contributed by atoms with Gasteiger partial charge in [-0.2, -0.15) is 23.5 Å². The molecule has 0 radical (unpaired) electrons. The molecule has 0 saturated carbocycles. The molecule has 1 rings (SSSR count). The normalized spacial score (nSPS) is 23.8. The Morgan fingerprint density at radius 3 is 2.79 bits per heavy atom. The molecule has 14 heavy (non-hydrogen) atoms. The number of rotatable bonds is 4. The van der Waals surface area contributed by atoms with E-state index in [0.717, 1.165) is 6.04 Å². The molecule has 1 aliphatic rings. The van der Waals surface area contributed by atoms with E-state index in [1.54, 1.807) is 0 Å². The molecular formula is C11H23NS2. The largest absolute Gasteiger partial charge is 0.312 e. The van der Waals surface area contributed by atoms with Crippen molar-refractivity contribution in [1.82, 2.24) is 5.32 Å². The third-order valence-electron chi connectivity index (χ3n) is 2.23. The Morgan fingerprint density at radius 1 is 1.43 bits per heavy atom. The summed E-state index contributed by atoms with van der Waals surface area (Å²) >= 11 is 4.15. The Kier molecular flexibility index (Phi) is 5.72. The molecule has 1 N–H and O–H groups in total. The van der Waals surface area contributed by atoms with Crippen LogP contribution in [0.4, 0.5) is 0 Å². The fourth-order valence-corrected chi connectivity index (χ4v) is 3.46. The van der Waals surface area contributed by atoms with Gasteiger partial charge >= 0.3 is 0 Å². The Morgan fingerprint density at radius 2 is 2.21 bits per heavy atom. The SMILES string of the molecule is CC(C)(C)SCCN[C@@H]1CCCSC1. The zero-order chi connectivity index (χ0) is 10.4. The van der Waals surface area contributed by atoms with Crippen LogP contribution in [0.15, 0.2) is 0 Å². The van der Waals surface area contributed by atoms with Crippen LogP contribution in [-0.2, 0) is 0 Å². The first-order valence-electron chi connectivity index (χ1n) is 5.53. The summed E-state index contributed by atoms with van der Waals surface area (Å²) in [5.74, 6) is 3.93. The molecule has 1 saturated heterocycles. The van der Waals surface area contributed by atoms with E-state index < -0.39 is 0 Å². The van der Waals surface area contributed by atoms with E-state index in [9.17, 15) is 0 Å². The van der Waals surface area contributed by atoms with Crippen LogP contribution in [0.25, 0.3) is 0 Å². The highest BCUT2D eigenvalue weighted by atomic mass is 32.2. The highest BCUT2D eigenvalue weighted by molar-refractivity contribution is 8.00. The van der Waals surface area contributed by atoms with Crippen molar-refractivity contribution in [3.8, 4) is 0 Å². The van der Waals surface area contributed by atoms with Crippen LogP contribution in [0.5, 0.6) is 0 Å². The molecule has 1 nitrogen and oxygen atoms in total. The first-order chi connectivity index (χ1) is 6.58. The molecule has 0 aromatic heterocycles. The molecule has 1 aliphatic heterocycles. The second-order valence-corrected chi connectivity index (χ2v) is 7.90. The summed E-state index contributed by atoms with van der Waals surface area (Å²) in [4.78, 5) is 0. The van der Waals surface area contributed by atoms with E-state index in [1.165, 1.54) is 36.6 Å². The molecule has 0 aromatic carbocycles. The second kappa shape index (κ2) is 6.29. The van der Waals surface area contributed by atoms with E-state index in [2.05, 4.69) is 49.6 Å². The van der Waals surface area contributed by atoms with Crippen LogP contribution in [0.2, 0.25) is 0 Å². The third-order valence-corrected chi connectivity index (χ3v) is 4.72. The van der Waals surface area contributed by atoms with Gasteiger partial charge in [0.2, 0.25) is 0 Å². The fourth-order valence-electron chi connectivity index (χ4n) is 1.52. The fraction of sp³-hybridized carbons (Fsp3) is 1.00. The zero-order valence-corrected chi connectivity index (χ0v) is 11.3. The van der Waals surface area contributed by atoms with Gasteiger partial charge in [-0.3, -0.25) is 0 Å². The maximum Gasteiger partial charge on any atom is 0.0158 e. The predicted molar refractivity (Wildman–Crippen MR) is 70.6 cm³/mol. The molecule has 0 amide bonds. The second-order valence-electron chi connectivity index (χ2n) is 4.83. The topological polar surface area (TPSA) is 12.0 Å². The molecule has 1 atom stereocenters. The van der Waals surface area contributed by atoms with Gasteiger partial charge in [0, 0.05) is 28.8 Å². The van der Waals surface area contributed by atoms with Crippen LogP contribution in [0, 0.1) is 0 Å². The highest BCUT2D eigenvalue weighted by Crippen LogP contribution is 2.22. The smallest absolute Gasteiger partial charge is 0.0158 e. The maximum absolute atomic E-state index is 3.65. The minimum Gasteiger partial charge on any atom is -0.312 e. The average Bonchev–Trinajstić information content (AvgIpc) is 2.13. The molecule has 0 unspecified atom stereocenters. The molecule has 3 heteroatoms. The van der Waals surface area contributed by atoms with Gasteiger partial charge in [0.25, 0.3) is 0 Å². The first kappa shape index (κ1) is 12.7. The van der Waals surface area contributed by atoms with Crippen molar-refractivity contribution in [2.24, 2.45) is 0 Å². The van der Waals surface area contributed by atoms with Gasteiger partial charge < -0.3 is 5.32 Å². The van der Waals surface area contributed by atoms with Gasteiger partial charge in [-0.05, 0) is 18.6 Å². The van der Waals surface area contributed by atoms with Crippen LogP contribution in [0.3, 0.4) is 0 Å². The predicted octanol–water partition coefficient (Wildman–Crippen LogP) is 3.00. The molecule has 1 heterocycles. The van der Waals surface area contributed by atoms with E-state index >= 15 is 0 Å². The lowest BCUT2D eigenvalue weighted by molar-refractivity contribution is 0.525. The van der Waals surface area contributed by atoms with Crippen LogP contribution < -0.4 is 5.32 Å². The lowest BCUT2D eigenvalue weighted by Gasteiger charge is -2.23. The summed E-state index contributed by atoms with van der Waals surface area (Å²) in [7, 11) is 0. The summed E-state index contributed by atoms with van der Waals surface area (Å²) in [5, 5.41) is 3.65. The van der Waals surface area contributed by atoms with Crippen molar-refractivity contribution in [1.29, 1.82) is 0 Å². The Labute approximate surface area is 97.2 Å². The third kappa shape index (κ3) is 6.20. The summed E-state index contributed by atoms with van der Waals surface area (Å²) in [5.41, 5.74) is 0. The van der Waals surface area contributed by atoms with Gasteiger partial charge in [-0.25, -0.2) is 0 Å². The monoisotopic (exact) mass is 233 g/mol. The summed E-state index contributed by atoms with van der Waals surface area (Å²) in [6, 6.07) is 0.786. The molecule has 0 spiro atoms. The van der Waals surface area contributed by atoms with E-state index in [4.69, 9.17) is 0 Å². The highest BCUT2D eigenvalue weighted by Gasteiger charge is 2.13. The van der Waals surface area contributed by atoms with E-state index in [0.29, 0.717) is 4.75 Å². The molecular weight excluding hydrogens is 210 g/mol. The quantitative estimate of drug-likeness (QED) is 0.750. The summed E-state index contributed by atoms with van der Waals surface area (Å²) in [6.07, 6.45) is 2.78. The lowest BCUT2D eigenvalue weighted by Crippen LogP contribution is -2.35. The Balaban J connectivity index is 1.97. The van der Waals surface area contributed by atoms with Crippen molar-refractivity contribution in [3.05, 3.63) is 0 Å². The van der Waals surface area contributed by atoms with Crippen molar-refractivity contribution in [2.75, 3.05) is 23.8 Å². The van der Waals surface area contributed by atoms with Crippen LogP contribution >= 0.6 is 23.5 Å². The Bertz CT molecular complexity index is 148. The van der Waals surface area contributed by atoms with Gasteiger partial charge in [0.15, 0.2) is 0 Å². The van der Waals surface area contributed by atoms with Crippen LogP contribution in [0.1, 0.15) is 33.6 Å². The van der Waals surface area contributed by atoms with Crippen LogP contribution in [-0.4, -0.2) is 34.6 Å². The standard InChI is InChI=1S/C11H23NS2/c1-11(2,3)14-8-6-12-10-5-4-7-13-9-10/h10,12H,4-9H2,1-3H3/t10-/m1/s1.